The number of hydrogen-bond donors (Lipinski definition) is 1. The average molecular weight is 333 g/mol. The molecule has 23 heavy (non-hydrogen) atoms. The molecular weight excluding hydrogens is 314 g/mol. The van der Waals surface area contributed by atoms with Crippen LogP contribution < -0.4 is 14.8 Å². The maximum absolute atomic E-state index is 11.8. The van der Waals surface area contributed by atoms with E-state index in [2.05, 4.69) is 5.32 Å². The molecular formula is C17H19NO4S. The molecule has 122 valence electrons. The number of rotatable bonds is 4. The highest BCUT2D eigenvalue weighted by atomic mass is 32.2. The van der Waals surface area contributed by atoms with Crippen molar-refractivity contribution < 1.29 is 17.9 Å². The summed E-state index contributed by atoms with van der Waals surface area (Å²) in [6.07, 6.45) is 2.07. The van der Waals surface area contributed by atoms with Crippen LogP contribution in [0.2, 0.25) is 0 Å². The molecule has 0 unspecified atom stereocenters. The summed E-state index contributed by atoms with van der Waals surface area (Å²) in [4.78, 5) is 0.300. The number of benzene rings is 2. The lowest BCUT2D eigenvalue weighted by Gasteiger charge is -2.12. The van der Waals surface area contributed by atoms with Crippen molar-refractivity contribution in [3.8, 4) is 11.5 Å². The van der Waals surface area contributed by atoms with E-state index in [1.54, 1.807) is 18.2 Å². The van der Waals surface area contributed by atoms with Crippen LogP contribution in [0.15, 0.2) is 47.4 Å². The first-order valence-electron chi connectivity index (χ1n) is 7.45. The van der Waals surface area contributed by atoms with Crippen LogP contribution in [0.4, 0.5) is 5.69 Å². The Bertz CT molecular complexity index is 802. The third-order valence-corrected chi connectivity index (χ3v) is 4.74. The average Bonchev–Trinajstić information content (AvgIpc) is 2.77. The Morgan fingerprint density at radius 1 is 1.04 bits per heavy atom. The van der Waals surface area contributed by atoms with Crippen LogP contribution in [0.5, 0.6) is 11.5 Å². The molecule has 0 spiro atoms. The fourth-order valence-electron chi connectivity index (χ4n) is 2.45. The standard InChI is InChI=1S/C17H19NO4S/c1-23(19,20)17-6-3-2-5-14(17)18-12-13-7-8-15-16(11-13)22-10-4-9-21-15/h2-3,5-8,11,18H,4,9-10,12H2,1H3. The molecule has 0 aromatic heterocycles. The Morgan fingerprint density at radius 3 is 2.57 bits per heavy atom. The quantitative estimate of drug-likeness (QED) is 0.932. The van der Waals surface area contributed by atoms with E-state index in [-0.39, 0.29) is 0 Å². The summed E-state index contributed by atoms with van der Waals surface area (Å²) < 4.78 is 34.9. The summed E-state index contributed by atoms with van der Waals surface area (Å²) in [5.41, 5.74) is 1.60. The summed E-state index contributed by atoms with van der Waals surface area (Å²) in [6.45, 7) is 1.80. The smallest absolute Gasteiger partial charge is 0.177 e. The number of nitrogens with one attached hydrogen (secondary N) is 1. The second-order valence-corrected chi connectivity index (χ2v) is 7.44. The maximum atomic E-state index is 11.8. The lowest BCUT2D eigenvalue weighted by Crippen LogP contribution is -2.06. The van der Waals surface area contributed by atoms with E-state index in [0.717, 1.165) is 23.5 Å². The molecule has 0 atom stereocenters. The van der Waals surface area contributed by atoms with E-state index in [0.29, 0.717) is 30.3 Å². The van der Waals surface area contributed by atoms with Crippen molar-refractivity contribution in [1.82, 2.24) is 0 Å². The summed E-state index contributed by atoms with van der Waals surface area (Å²) in [6, 6.07) is 12.7. The Kier molecular flexibility index (Phi) is 4.43. The van der Waals surface area contributed by atoms with Crippen molar-refractivity contribution in [3.05, 3.63) is 48.0 Å². The first-order valence-corrected chi connectivity index (χ1v) is 9.35. The van der Waals surface area contributed by atoms with E-state index in [1.165, 1.54) is 6.26 Å². The Morgan fingerprint density at radius 2 is 1.78 bits per heavy atom. The third-order valence-electron chi connectivity index (χ3n) is 3.58. The largest absolute Gasteiger partial charge is 0.490 e. The number of anilines is 1. The summed E-state index contributed by atoms with van der Waals surface area (Å²) in [5, 5.41) is 3.18. The lowest BCUT2D eigenvalue weighted by molar-refractivity contribution is 0.297. The van der Waals surface area contributed by atoms with E-state index in [4.69, 9.17) is 9.47 Å². The Balaban J connectivity index is 1.78. The van der Waals surface area contributed by atoms with Gasteiger partial charge in [0.15, 0.2) is 21.3 Å². The third kappa shape index (κ3) is 3.76. The number of hydrogen-bond acceptors (Lipinski definition) is 5. The molecule has 0 fully saturated rings. The van der Waals surface area contributed by atoms with Crippen molar-refractivity contribution in [2.45, 2.75) is 17.9 Å². The predicted octanol–water partition coefficient (Wildman–Crippen LogP) is 2.86. The van der Waals surface area contributed by atoms with Gasteiger partial charge in [-0.2, -0.15) is 0 Å². The summed E-state index contributed by atoms with van der Waals surface area (Å²) in [5.74, 6) is 1.49. The summed E-state index contributed by atoms with van der Waals surface area (Å²) in [7, 11) is -3.26. The van der Waals surface area contributed by atoms with E-state index < -0.39 is 9.84 Å². The zero-order chi connectivity index (χ0) is 16.3. The van der Waals surface area contributed by atoms with Gasteiger partial charge in [-0.15, -0.1) is 0 Å². The predicted molar refractivity (Wildman–Crippen MR) is 88.9 cm³/mol. The molecule has 0 aliphatic carbocycles. The Labute approximate surface area is 136 Å². The highest BCUT2D eigenvalue weighted by Gasteiger charge is 2.13. The normalized spacial score (nSPS) is 14.1. The molecule has 0 amide bonds. The fraction of sp³-hybridized carbons (Fsp3) is 0.294. The van der Waals surface area contributed by atoms with Crippen molar-refractivity contribution in [2.24, 2.45) is 0 Å². The maximum Gasteiger partial charge on any atom is 0.177 e. The van der Waals surface area contributed by atoms with Crippen LogP contribution in [0.3, 0.4) is 0 Å². The number of para-hydroxylation sites is 1. The zero-order valence-corrected chi connectivity index (χ0v) is 13.7. The second kappa shape index (κ2) is 6.50. The van der Waals surface area contributed by atoms with Gasteiger partial charge in [0.1, 0.15) is 0 Å². The lowest BCUT2D eigenvalue weighted by atomic mass is 10.2. The van der Waals surface area contributed by atoms with E-state index in [1.807, 2.05) is 24.3 Å². The van der Waals surface area contributed by atoms with Crippen molar-refractivity contribution in [1.29, 1.82) is 0 Å². The molecule has 2 aromatic carbocycles. The van der Waals surface area contributed by atoms with Crippen molar-refractivity contribution >= 4 is 15.5 Å². The Hall–Kier alpha value is -2.21. The number of ether oxygens (including phenoxy) is 2. The molecule has 1 aliphatic rings. The molecule has 1 N–H and O–H groups in total. The molecule has 3 rings (SSSR count). The van der Waals surface area contributed by atoms with Crippen LogP contribution in [0, 0.1) is 0 Å². The van der Waals surface area contributed by atoms with Gasteiger partial charge in [0, 0.05) is 19.2 Å². The molecule has 6 heteroatoms. The molecule has 0 saturated heterocycles. The van der Waals surface area contributed by atoms with Gasteiger partial charge in [0.2, 0.25) is 0 Å². The highest BCUT2D eigenvalue weighted by molar-refractivity contribution is 7.90. The number of sulfone groups is 1. The second-order valence-electron chi connectivity index (χ2n) is 5.45. The van der Waals surface area contributed by atoms with Crippen LogP contribution in [-0.4, -0.2) is 27.9 Å². The summed E-state index contributed by atoms with van der Waals surface area (Å²) >= 11 is 0. The van der Waals surface area contributed by atoms with Crippen LogP contribution in [0.1, 0.15) is 12.0 Å². The van der Waals surface area contributed by atoms with E-state index >= 15 is 0 Å². The van der Waals surface area contributed by atoms with Crippen LogP contribution >= 0.6 is 0 Å². The minimum atomic E-state index is -3.26. The molecule has 1 aliphatic heterocycles. The first kappa shape index (κ1) is 15.7. The van der Waals surface area contributed by atoms with Crippen molar-refractivity contribution in [3.63, 3.8) is 0 Å². The van der Waals surface area contributed by atoms with Crippen molar-refractivity contribution in [2.75, 3.05) is 24.8 Å². The first-order chi connectivity index (χ1) is 11.0. The van der Waals surface area contributed by atoms with Gasteiger partial charge in [0.05, 0.1) is 23.8 Å². The van der Waals surface area contributed by atoms with Crippen LogP contribution in [0.25, 0.3) is 0 Å². The molecule has 0 saturated carbocycles. The van der Waals surface area contributed by atoms with Gasteiger partial charge >= 0.3 is 0 Å². The zero-order valence-electron chi connectivity index (χ0n) is 12.9. The van der Waals surface area contributed by atoms with E-state index in [9.17, 15) is 8.42 Å². The minimum absolute atomic E-state index is 0.300. The molecule has 5 nitrogen and oxygen atoms in total. The number of fused-ring (bicyclic) bond motifs is 1. The van der Waals surface area contributed by atoms with Gasteiger partial charge in [-0.25, -0.2) is 8.42 Å². The van der Waals surface area contributed by atoms with Gasteiger partial charge in [-0.05, 0) is 29.8 Å². The fourth-order valence-corrected chi connectivity index (χ4v) is 3.32. The molecule has 2 aromatic rings. The molecule has 1 heterocycles. The molecule has 0 radical (unpaired) electrons. The van der Waals surface area contributed by atoms with Gasteiger partial charge in [-0.1, -0.05) is 18.2 Å². The van der Waals surface area contributed by atoms with Gasteiger partial charge in [0.25, 0.3) is 0 Å². The molecule has 0 bridgehead atoms. The van der Waals surface area contributed by atoms with Gasteiger partial charge in [-0.3, -0.25) is 0 Å². The monoisotopic (exact) mass is 333 g/mol. The van der Waals surface area contributed by atoms with Crippen LogP contribution in [-0.2, 0) is 16.4 Å². The SMILES string of the molecule is CS(=O)(=O)c1ccccc1NCc1ccc2c(c1)OCCCO2. The van der Waals surface area contributed by atoms with Gasteiger partial charge < -0.3 is 14.8 Å². The topological polar surface area (TPSA) is 64.6 Å². The minimum Gasteiger partial charge on any atom is -0.490 e. The highest BCUT2D eigenvalue weighted by Crippen LogP contribution is 2.31.